The molecule has 0 heterocycles. The zero-order chi connectivity index (χ0) is 23.2. The van der Waals surface area contributed by atoms with E-state index in [4.69, 9.17) is 9.59 Å². The number of hydrogen-bond donors (Lipinski definition) is 0. The van der Waals surface area contributed by atoms with E-state index in [0.29, 0.717) is 0 Å². The van der Waals surface area contributed by atoms with Crippen molar-refractivity contribution >= 4 is 13.6 Å². The van der Waals surface area contributed by atoms with Gasteiger partial charge in [-0.2, -0.15) is 13.1 Å². The molecule has 0 saturated carbocycles. The van der Waals surface area contributed by atoms with Gasteiger partial charge in [-0.25, -0.2) is 12.3 Å². The molecule has 7 heteroatoms. The molecular formula is C22H46N4O2Ru. The smallest absolute Gasteiger partial charge is 0.678 e. The van der Waals surface area contributed by atoms with Crippen molar-refractivity contribution in [1.29, 1.82) is 0 Å². The van der Waals surface area contributed by atoms with Gasteiger partial charge in [-0.3, -0.25) is 13.6 Å². The van der Waals surface area contributed by atoms with Crippen LogP contribution in [0.15, 0.2) is 0 Å². The van der Waals surface area contributed by atoms with Crippen molar-refractivity contribution in [3.63, 3.8) is 0 Å². The molecule has 0 N–H and O–H groups in total. The van der Waals surface area contributed by atoms with Gasteiger partial charge in [0, 0.05) is 0 Å². The second-order valence-corrected chi connectivity index (χ2v) is 7.67. The normalized spacial score (nSPS) is 12.5. The number of rotatable bonds is 12. The molecule has 0 aromatic heterocycles. The number of nitrogens with zero attached hydrogens (tertiary/aromatic N) is 4. The maximum absolute atomic E-state index is 7.75. The van der Waals surface area contributed by atoms with Crippen molar-refractivity contribution in [3.05, 3.63) is 21.3 Å². The summed E-state index contributed by atoms with van der Waals surface area (Å²) in [7, 11) is 0. The van der Waals surface area contributed by atoms with Crippen LogP contribution in [0.1, 0.15) is 94.9 Å². The Morgan fingerprint density at radius 3 is 1.07 bits per heavy atom. The molecule has 0 aliphatic rings. The van der Waals surface area contributed by atoms with Crippen molar-refractivity contribution in [2.75, 3.05) is 13.1 Å². The zero-order valence-electron chi connectivity index (χ0n) is 20.5. The molecule has 0 fully saturated rings. The van der Waals surface area contributed by atoms with Gasteiger partial charge >= 0.3 is 19.5 Å². The molecule has 0 aromatic rings. The van der Waals surface area contributed by atoms with E-state index in [0.717, 1.165) is 38.8 Å². The monoisotopic (exact) mass is 500 g/mol. The molecule has 0 aliphatic heterocycles. The van der Waals surface area contributed by atoms with Crippen LogP contribution in [-0.2, 0) is 29.1 Å². The van der Waals surface area contributed by atoms with Crippen molar-refractivity contribution < 1.29 is 29.1 Å². The van der Waals surface area contributed by atoms with Crippen molar-refractivity contribution in [1.82, 2.24) is 0 Å². The van der Waals surface area contributed by atoms with Crippen LogP contribution < -0.4 is 0 Å². The molecule has 0 rings (SSSR count). The molecule has 2 atom stereocenters. The summed E-state index contributed by atoms with van der Waals surface area (Å²) >= 11 is 0. The van der Waals surface area contributed by atoms with E-state index in [1.54, 1.807) is 0 Å². The minimum Gasteiger partial charge on any atom is -0.678 e. The Morgan fingerprint density at radius 2 is 0.897 bits per heavy atom. The van der Waals surface area contributed by atoms with E-state index < -0.39 is 0 Å². The van der Waals surface area contributed by atoms with Crippen LogP contribution >= 0.6 is 0 Å². The molecule has 0 bridgehead atoms. The topological polar surface area (TPSA) is 90.5 Å². The Kier molecular flexibility index (Phi) is 35.0. The maximum Gasteiger partial charge on any atom is 6.00 e. The predicted octanol–water partition coefficient (Wildman–Crippen LogP) is 6.81. The van der Waals surface area contributed by atoms with Gasteiger partial charge in [-0.05, 0) is 0 Å². The van der Waals surface area contributed by atoms with E-state index >= 15 is 0 Å². The fourth-order valence-corrected chi connectivity index (χ4v) is 1.91. The molecule has 0 saturated heterocycles. The Labute approximate surface area is 195 Å². The molecule has 174 valence electrons. The summed E-state index contributed by atoms with van der Waals surface area (Å²) in [6, 6.07) is 0. The second kappa shape index (κ2) is 25.8. The van der Waals surface area contributed by atoms with Gasteiger partial charge in [0.25, 0.3) is 0 Å². The molecular weight excluding hydrogens is 453 g/mol. The summed E-state index contributed by atoms with van der Waals surface area (Å²) in [5, 5.41) is 18.0. The molecule has 0 aromatic carbocycles. The van der Waals surface area contributed by atoms with Crippen LogP contribution in [0.4, 0.5) is 0 Å². The molecule has 0 aliphatic carbocycles. The number of hydrogen-bond acceptors (Lipinski definition) is 2. The van der Waals surface area contributed by atoms with E-state index in [1.165, 1.54) is 0 Å². The van der Waals surface area contributed by atoms with Crippen LogP contribution in [0.2, 0.25) is 0 Å². The summed E-state index contributed by atoms with van der Waals surface area (Å²) in [5.41, 5.74) is 0.188. The molecule has 6 nitrogen and oxygen atoms in total. The minimum atomic E-state index is 0. The fourth-order valence-electron chi connectivity index (χ4n) is 1.91. The van der Waals surface area contributed by atoms with Crippen molar-refractivity contribution in [3.8, 4) is 0 Å². The third kappa shape index (κ3) is 32.7. The summed E-state index contributed by atoms with van der Waals surface area (Å²) in [5.74, 6) is 0. The molecule has 29 heavy (non-hydrogen) atoms. The summed E-state index contributed by atoms with van der Waals surface area (Å²) in [4.78, 5) is 15.5. The van der Waals surface area contributed by atoms with E-state index in [-0.39, 0.29) is 42.9 Å². The zero-order valence-corrected chi connectivity index (χ0v) is 22.2. The average molecular weight is 500 g/mol. The average Bonchev–Trinajstić information content (AvgIpc) is 2.67. The fraction of sp³-hybridized carbons (Fsp3) is 0.909. The van der Waals surface area contributed by atoms with E-state index in [2.05, 4.69) is 104 Å². The first-order chi connectivity index (χ1) is 13.0. The van der Waals surface area contributed by atoms with Gasteiger partial charge in [0.05, 0.1) is 0 Å². The third-order valence-corrected chi connectivity index (χ3v) is 4.04. The van der Waals surface area contributed by atoms with Crippen LogP contribution in [0, 0.1) is 0 Å². The first-order valence-corrected chi connectivity index (χ1v) is 10.3. The predicted molar refractivity (Wildman–Crippen MR) is 125 cm³/mol. The van der Waals surface area contributed by atoms with Crippen molar-refractivity contribution in [2.45, 2.75) is 118 Å². The van der Waals surface area contributed by atoms with Crippen molar-refractivity contribution in [2.24, 2.45) is 0 Å². The van der Waals surface area contributed by atoms with Crippen LogP contribution in [0.5, 0.6) is 0 Å². The Hall–Kier alpha value is -0.197. The Morgan fingerprint density at radius 1 is 0.655 bits per heavy atom. The minimum absolute atomic E-state index is 0. The van der Waals surface area contributed by atoms with Gasteiger partial charge in [0.15, 0.2) is 0 Å². The standard InChI is InChI=1S/2C10H22N2.2CHO.Ru/c2*1-6-8-11-9(3)12-10(4,5)7-2;2*1-2;/h2*9H,6-8H2,1-5H3;2*1H;/q2*-2;2*-1;+6. The van der Waals surface area contributed by atoms with Gasteiger partial charge < -0.3 is 30.9 Å². The Bertz CT molecular complexity index is 289. The maximum atomic E-state index is 7.75. The molecule has 2 unspecified atom stereocenters. The van der Waals surface area contributed by atoms with Gasteiger partial charge in [-0.15, -0.1) is 24.9 Å². The van der Waals surface area contributed by atoms with Crippen LogP contribution in [-0.4, -0.2) is 50.1 Å². The summed E-state index contributed by atoms with van der Waals surface area (Å²) in [6.07, 6.45) is 4.73. The van der Waals surface area contributed by atoms with Gasteiger partial charge in [0.1, 0.15) is 0 Å². The summed E-state index contributed by atoms with van der Waals surface area (Å²) in [6.45, 7) is 29.7. The first kappa shape index (κ1) is 39.3. The van der Waals surface area contributed by atoms with Gasteiger partial charge in [0.2, 0.25) is 0 Å². The molecule has 0 radical (unpaired) electrons. The summed E-state index contributed by atoms with van der Waals surface area (Å²) < 4.78 is 0. The van der Waals surface area contributed by atoms with Crippen LogP contribution in [0.3, 0.4) is 0 Å². The number of carbonyl (C=O) groups excluding carboxylic acids is 2. The van der Waals surface area contributed by atoms with E-state index in [9.17, 15) is 0 Å². The van der Waals surface area contributed by atoms with Crippen LogP contribution in [0.25, 0.3) is 21.3 Å². The molecule has 0 amide bonds. The molecule has 0 spiro atoms. The first-order valence-electron chi connectivity index (χ1n) is 10.3. The second-order valence-electron chi connectivity index (χ2n) is 7.67. The Balaban J connectivity index is -0.000000109. The van der Waals surface area contributed by atoms with Gasteiger partial charge in [-0.1, -0.05) is 81.1 Å². The SMILES string of the molecule is CCC[N-]C(C)[N-]C(C)(C)CC.CCC[N-]C(C)[N-]C(C)(C)CC.[CH-]=O.[CH-]=O.[Ru+6]. The third-order valence-electron chi connectivity index (χ3n) is 4.04. The van der Waals surface area contributed by atoms with E-state index in [1.807, 2.05) is 0 Å². The largest absolute Gasteiger partial charge is 6.00 e. The quantitative estimate of drug-likeness (QED) is 0.168.